The van der Waals surface area contributed by atoms with Crippen LogP contribution in [0.15, 0.2) is 23.2 Å². The summed E-state index contributed by atoms with van der Waals surface area (Å²) in [7, 11) is 0. The number of thiazole rings is 1. The maximum Gasteiger partial charge on any atom is 0.231 e. The van der Waals surface area contributed by atoms with Crippen LogP contribution in [0.2, 0.25) is 0 Å². The molecule has 1 aliphatic heterocycles. The van der Waals surface area contributed by atoms with E-state index in [4.69, 9.17) is 20.9 Å². The summed E-state index contributed by atoms with van der Waals surface area (Å²) in [6.45, 7) is 0.310. The molecule has 6 nitrogen and oxygen atoms in total. The highest BCUT2D eigenvalue weighted by Gasteiger charge is 2.25. The third-order valence-electron chi connectivity index (χ3n) is 4.02. The number of guanidine groups is 1. The predicted molar refractivity (Wildman–Crippen MR) is 84.9 cm³/mol. The fraction of sp³-hybridized carbons (Fsp3) is 0.333. The van der Waals surface area contributed by atoms with E-state index in [-0.39, 0.29) is 5.96 Å². The molecule has 0 fully saturated rings. The van der Waals surface area contributed by atoms with Crippen LogP contribution in [0.5, 0.6) is 11.5 Å². The standard InChI is InChI=1S/C15H16N4O2S/c16-14(17)19-15-18-10-3-1-9(6-13(10)22-15)8-2-4-11-12(5-8)21-7-20-11/h2,4-5,9H,1,3,6-7H2,(H4,16,17,18,19). The van der Waals surface area contributed by atoms with Gasteiger partial charge < -0.3 is 20.9 Å². The van der Waals surface area contributed by atoms with E-state index < -0.39 is 0 Å². The Kier molecular flexibility index (Phi) is 3.15. The largest absolute Gasteiger partial charge is 0.454 e. The maximum atomic E-state index is 5.47. The second kappa shape index (κ2) is 5.17. The average molecular weight is 316 g/mol. The Bertz CT molecular complexity index is 752. The van der Waals surface area contributed by atoms with Crippen LogP contribution in [-0.4, -0.2) is 17.7 Å². The molecule has 0 bridgehead atoms. The van der Waals surface area contributed by atoms with E-state index in [0.29, 0.717) is 17.8 Å². The Hall–Kier alpha value is -2.28. The highest BCUT2D eigenvalue weighted by molar-refractivity contribution is 7.15. The van der Waals surface area contributed by atoms with E-state index in [9.17, 15) is 0 Å². The van der Waals surface area contributed by atoms with Crippen molar-refractivity contribution in [1.29, 1.82) is 0 Å². The van der Waals surface area contributed by atoms with Gasteiger partial charge in [0.25, 0.3) is 0 Å². The van der Waals surface area contributed by atoms with Gasteiger partial charge in [-0.15, -0.1) is 0 Å². The van der Waals surface area contributed by atoms with E-state index in [0.717, 1.165) is 36.5 Å². The first-order valence-electron chi connectivity index (χ1n) is 7.17. The van der Waals surface area contributed by atoms with Gasteiger partial charge in [0.05, 0.1) is 5.69 Å². The minimum atomic E-state index is 0.0541. The van der Waals surface area contributed by atoms with Crippen molar-refractivity contribution in [3.63, 3.8) is 0 Å². The molecule has 4 N–H and O–H groups in total. The van der Waals surface area contributed by atoms with Gasteiger partial charge in [-0.05, 0) is 42.9 Å². The van der Waals surface area contributed by atoms with Crippen molar-refractivity contribution < 1.29 is 9.47 Å². The number of nitrogens with two attached hydrogens (primary N) is 2. The van der Waals surface area contributed by atoms with Gasteiger partial charge >= 0.3 is 0 Å². The summed E-state index contributed by atoms with van der Waals surface area (Å²) in [6.07, 6.45) is 2.98. The van der Waals surface area contributed by atoms with Crippen LogP contribution in [-0.2, 0) is 12.8 Å². The van der Waals surface area contributed by atoms with Crippen molar-refractivity contribution in [2.24, 2.45) is 16.5 Å². The molecular formula is C15H16N4O2S. The number of hydrogen-bond acceptors (Lipinski definition) is 5. The topological polar surface area (TPSA) is 95.8 Å². The van der Waals surface area contributed by atoms with E-state index in [2.05, 4.69) is 22.1 Å². The van der Waals surface area contributed by atoms with Crippen molar-refractivity contribution in [1.82, 2.24) is 4.98 Å². The molecule has 2 aromatic rings. The summed E-state index contributed by atoms with van der Waals surface area (Å²) in [4.78, 5) is 9.83. The molecule has 0 amide bonds. The molecular weight excluding hydrogens is 300 g/mol. The minimum absolute atomic E-state index is 0.0541. The SMILES string of the molecule is NC(N)=Nc1nc2c(s1)CC(c1ccc3c(c1)OCO3)CC2. The maximum absolute atomic E-state index is 5.47. The van der Waals surface area contributed by atoms with Crippen LogP contribution < -0.4 is 20.9 Å². The lowest BCUT2D eigenvalue weighted by molar-refractivity contribution is 0.174. The smallest absolute Gasteiger partial charge is 0.231 e. The first-order chi connectivity index (χ1) is 10.7. The Labute approximate surface area is 131 Å². The van der Waals surface area contributed by atoms with Gasteiger partial charge in [-0.3, -0.25) is 0 Å². The molecule has 1 aromatic heterocycles. The van der Waals surface area contributed by atoms with E-state index >= 15 is 0 Å². The number of aryl methyl sites for hydroxylation is 1. The second-order valence-corrected chi connectivity index (χ2v) is 6.52. The second-order valence-electron chi connectivity index (χ2n) is 5.46. The molecule has 2 heterocycles. The molecule has 0 spiro atoms. The molecule has 1 aliphatic carbocycles. The lowest BCUT2D eigenvalue weighted by atomic mass is 9.85. The highest BCUT2D eigenvalue weighted by atomic mass is 32.1. The van der Waals surface area contributed by atoms with Crippen molar-refractivity contribution in [3.8, 4) is 11.5 Å². The van der Waals surface area contributed by atoms with Gasteiger partial charge in [0.1, 0.15) is 0 Å². The zero-order valence-corrected chi connectivity index (χ0v) is 12.7. The molecule has 114 valence electrons. The lowest BCUT2D eigenvalue weighted by Crippen LogP contribution is -2.21. The van der Waals surface area contributed by atoms with E-state index in [1.165, 1.54) is 10.4 Å². The van der Waals surface area contributed by atoms with Crippen molar-refractivity contribution in [2.45, 2.75) is 25.2 Å². The highest BCUT2D eigenvalue weighted by Crippen LogP contribution is 2.41. The molecule has 7 heteroatoms. The van der Waals surface area contributed by atoms with Crippen molar-refractivity contribution >= 4 is 22.4 Å². The van der Waals surface area contributed by atoms with Crippen LogP contribution in [0, 0.1) is 0 Å². The third-order valence-corrected chi connectivity index (χ3v) is 5.03. The quantitative estimate of drug-likeness (QED) is 0.653. The molecule has 22 heavy (non-hydrogen) atoms. The summed E-state index contributed by atoms with van der Waals surface area (Å²) in [5.41, 5.74) is 13.3. The van der Waals surface area contributed by atoms with Gasteiger partial charge in [-0.2, -0.15) is 4.99 Å². The van der Waals surface area contributed by atoms with Gasteiger partial charge in [-0.25, -0.2) is 4.98 Å². The predicted octanol–water partition coefficient (Wildman–Crippen LogP) is 2.05. The van der Waals surface area contributed by atoms with Gasteiger partial charge in [0.15, 0.2) is 17.5 Å². The number of nitrogens with zero attached hydrogens (tertiary/aromatic N) is 2. The summed E-state index contributed by atoms with van der Waals surface area (Å²) in [6, 6.07) is 6.21. The van der Waals surface area contributed by atoms with Crippen LogP contribution in [0.25, 0.3) is 0 Å². The lowest BCUT2D eigenvalue weighted by Gasteiger charge is -2.21. The van der Waals surface area contributed by atoms with Gasteiger partial charge in [0, 0.05) is 4.88 Å². The Morgan fingerprint density at radius 1 is 1.27 bits per heavy atom. The fourth-order valence-electron chi connectivity index (χ4n) is 2.97. The molecule has 1 aromatic carbocycles. The summed E-state index contributed by atoms with van der Waals surface area (Å²) in [5, 5.41) is 0.649. The third kappa shape index (κ3) is 2.37. The van der Waals surface area contributed by atoms with Crippen molar-refractivity contribution in [2.75, 3.05) is 6.79 Å². The van der Waals surface area contributed by atoms with Gasteiger partial charge in [-0.1, -0.05) is 17.4 Å². The monoisotopic (exact) mass is 316 g/mol. The molecule has 0 saturated carbocycles. The number of hydrogen-bond donors (Lipinski definition) is 2. The van der Waals surface area contributed by atoms with Crippen LogP contribution >= 0.6 is 11.3 Å². The Morgan fingerprint density at radius 2 is 2.14 bits per heavy atom. The molecule has 0 saturated heterocycles. The van der Waals surface area contributed by atoms with Crippen LogP contribution in [0.1, 0.15) is 28.5 Å². The normalized spacial score (nSPS) is 18.8. The fourth-order valence-corrected chi connectivity index (χ4v) is 4.05. The minimum Gasteiger partial charge on any atom is -0.454 e. The van der Waals surface area contributed by atoms with Crippen LogP contribution in [0.3, 0.4) is 0 Å². The molecule has 0 radical (unpaired) electrons. The number of rotatable bonds is 2. The first kappa shape index (κ1) is 13.4. The molecule has 1 unspecified atom stereocenters. The number of fused-ring (bicyclic) bond motifs is 2. The summed E-state index contributed by atoms with van der Waals surface area (Å²) < 4.78 is 10.8. The Morgan fingerprint density at radius 3 is 3.00 bits per heavy atom. The number of aliphatic imine (C=N–C) groups is 1. The first-order valence-corrected chi connectivity index (χ1v) is 7.98. The number of benzene rings is 1. The summed E-state index contributed by atoms with van der Waals surface area (Å²) in [5.74, 6) is 2.19. The average Bonchev–Trinajstić information content (AvgIpc) is 3.10. The number of aromatic nitrogens is 1. The van der Waals surface area contributed by atoms with Gasteiger partial charge in [0.2, 0.25) is 11.9 Å². The molecule has 2 aliphatic rings. The van der Waals surface area contributed by atoms with E-state index in [1.807, 2.05) is 6.07 Å². The molecule has 4 rings (SSSR count). The van der Waals surface area contributed by atoms with Crippen molar-refractivity contribution in [3.05, 3.63) is 34.3 Å². The van der Waals surface area contributed by atoms with Crippen LogP contribution in [0.4, 0.5) is 5.13 Å². The molecule has 1 atom stereocenters. The zero-order valence-electron chi connectivity index (χ0n) is 11.9. The Balaban J connectivity index is 1.59. The zero-order chi connectivity index (χ0) is 15.1. The number of ether oxygens (including phenoxy) is 2. The van der Waals surface area contributed by atoms with E-state index in [1.54, 1.807) is 11.3 Å². The summed E-state index contributed by atoms with van der Waals surface area (Å²) >= 11 is 1.57.